The summed E-state index contributed by atoms with van der Waals surface area (Å²) >= 11 is 4.57. The first kappa shape index (κ1) is 12.5. The van der Waals surface area contributed by atoms with Gasteiger partial charge in [-0.3, -0.25) is 4.98 Å². The third-order valence-corrected chi connectivity index (χ3v) is 5.03. The molecule has 0 unspecified atom stereocenters. The number of aromatic nitrogens is 3. The van der Waals surface area contributed by atoms with Crippen LogP contribution in [0.4, 0.5) is 10.8 Å². The molecule has 5 nitrogen and oxygen atoms in total. The Labute approximate surface area is 122 Å². The number of hydrogen-bond donors (Lipinski definition) is 2. The van der Waals surface area contributed by atoms with Crippen LogP contribution in [-0.2, 0) is 6.54 Å². The summed E-state index contributed by atoms with van der Waals surface area (Å²) in [4.78, 5) is 9.70. The maximum Gasteiger partial charge on any atom is 0.149 e. The standard InChI is InChI=1S/C11H11N5S3/c1-6-4-17-11(15-6)8-9(12)16-19-10(8)14-3-7-2-13-5-18-7/h2,4-5,14H,3H2,1H3,(H2,12,16). The number of anilines is 2. The van der Waals surface area contributed by atoms with Gasteiger partial charge in [-0.1, -0.05) is 0 Å². The highest BCUT2D eigenvalue weighted by atomic mass is 32.1. The highest BCUT2D eigenvalue weighted by molar-refractivity contribution is 7.15. The number of aryl methyl sites for hydroxylation is 1. The minimum Gasteiger partial charge on any atom is -0.382 e. The SMILES string of the molecule is Cc1csc(-c2c(N)nsc2NCc2cncs2)n1. The quantitative estimate of drug-likeness (QED) is 0.774. The van der Waals surface area contributed by atoms with E-state index in [-0.39, 0.29) is 0 Å². The normalized spacial score (nSPS) is 10.8. The number of thiazole rings is 2. The van der Waals surface area contributed by atoms with Gasteiger partial charge in [-0.05, 0) is 18.5 Å². The monoisotopic (exact) mass is 309 g/mol. The van der Waals surface area contributed by atoms with Gasteiger partial charge in [0.15, 0.2) is 0 Å². The van der Waals surface area contributed by atoms with Crippen LogP contribution in [0.1, 0.15) is 10.6 Å². The highest BCUT2D eigenvalue weighted by Gasteiger charge is 2.16. The maximum atomic E-state index is 5.95. The molecule has 0 spiro atoms. The van der Waals surface area contributed by atoms with E-state index in [9.17, 15) is 0 Å². The van der Waals surface area contributed by atoms with Crippen molar-refractivity contribution >= 4 is 45.0 Å². The molecule has 0 radical (unpaired) electrons. The van der Waals surface area contributed by atoms with Crippen LogP contribution in [0.15, 0.2) is 17.1 Å². The molecule has 0 aliphatic carbocycles. The van der Waals surface area contributed by atoms with Gasteiger partial charge in [-0.2, -0.15) is 4.37 Å². The minimum absolute atomic E-state index is 0.533. The van der Waals surface area contributed by atoms with Crippen LogP contribution in [0, 0.1) is 6.92 Å². The molecule has 3 aromatic heterocycles. The molecule has 0 amide bonds. The second-order valence-electron chi connectivity index (χ2n) is 3.89. The molecule has 0 aliphatic rings. The van der Waals surface area contributed by atoms with E-state index in [0.717, 1.165) is 27.8 Å². The van der Waals surface area contributed by atoms with Crippen molar-refractivity contribution in [3.05, 3.63) is 27.7 Å². The fourth-order valence-corrected chi connectivity index (χ4v) is 3.76. The molecule has 0 aliphatic heterocycles. The number of rotatable bonds is 4. The van der Waals surface area contributed by atoms with Gasteiger partial charge < -0.3 is 11.1 Å². The molecule has 98 valence electrons. The summed E-state index contributed by atoms with van der Waals surface area (Å²) < 4.78 is 4.21. The van der Waals surface area contributed by atoms with Crippen molar-refractivity contribution in [1.29, 1.82) is 0 Å². The first-order valence-electron chi connectivity index (χ1n) is 5.53. The Hall–Kier alpha value is -1.51. The average molecular weight is 309 g/mol. The molecule has 0 bridgehead atoms. The topological polar surface area (TPSA) is 76.7 Å². The Morgan fingerprint density at radius 3 is 2.95 bits per heavy atom. The van der Waals surface area contributed by atoms with Gasteiger partial charge in [-0.15, -0.1) is 22.7 Å². The molecule has 0 saturated heterocycles. The van der Waals surface area contributed by atoms with Gasteiger partial charge >= 0.3 is 0 Å². The summed E-state index contributed by atoms with van der Waals surface area (Å²) in [5.74, 6) is 0.533. The zero-order valence-electron chi connectivity index (χ0n) is 10.1. The molecule has 3 rings (SSSR count). The van der Waals surface area contributed by atoms with Crippen molar-refractivity contribution in [3.8, 4) is 10.6 Å². The van der Waals surface area contributed by atoms with Gasteiger partial charge in [0.2, 0.25) is 0 Å². The summed E-state index contributed by atoms with van der Waals surface area (Å²) in [6.07, 6.45) is 1.86. The van der Waals surface area contributed by atoms with Crippen molar-refractivity contribution in [1.82, 2.24) is 14.3 Å². The molecule has 0 fully saturated rings. The molecule has 0 saturated carbocycles. The van der Waals surface area contributed by atoms with E-state index < -0.39 is 0 Å². The van der Waals surface area contributed by atoms with Gasteiger partial charge in [0.05, 0.1) is 17.6 Å². The summed E-state index contributed by atoms with van der Waals surface area (Å²) in [5.41, 5.74) is 9.68. The molecule has 0 atom stereocenters. The number of nitrogens with two attached hydrogens (primary N) is 1. The maximum absolute atomic E-state index is 5.95. The Balaban J connectivity index is 1.86. The van der Waals surface area contributed by atoms with E-state index >= 15 is 0 Å². The van der Waals surface area contributed by atoms with Gasteiger partial charge in [-0.25, -0.2) is 4.98 Å². The lowest BCUT2D eigenvalue weighted by Gasteiger charge is -2.03. The molecular weight excluding hydrogens is 298 g/mol. The largest absolute Gasteiger partial charge is 0.382 e. The molecule has 3 heterocycles. The van der Waals surface area contributed by atoms with Crippen molar-refractivity contribution in [2.24, 2.45) is 0 Å². The summed E-state index contributed by atoms with van der Waals surface area (Å²) in [6.45, 7) is 2.70. The molecule has 19 heavy (non-hydrogen) atoms. The predicted molar refractivity (Wildman–Crippen MR) is 81.8 cm³/mol. The predicted octanol–water partition coefficient (Wildman–Crippen LogP) is 3.23. The van der Waals surface area contributed by atoms with Crippen molar-refractivity contribution in [2.45, 2.75) is 13.5 Å². The van der Waals surface area contributed by atoms with Gasteiger partial charge in [0.1, 0.15) is 15.8 Å². The minimum atomic E-state index is 0.533. The van der Waals surface area contributed by atoms with Crippen LogP contribution in [0.3, 0.4) is 0 Å². The zero-order chi connectivity index (χ0) is 13.2. The first-order valence-corrected chi connectivity index (χ1v) is 8.06. The summed E-state index contributed by atoms with van der Waals surface area (Å²) in [5, 5.41) is 7.24. The second-order valence-corrected chi connectivity index (χ2v) is 6.49. The van der Waals surface area contributed by atoms with E-state index in [2.05, 4.69) is 19.7 Å². The Morgan fingerprint density at radius 2 is 2.26 bits per heavy atom. The summed E-state index contributed by atoms with van der Waals surface area (Å²) in [7, 11) is 0. The number of nitrogens with one attached hydrogen (secondary N) is 1. The van der Waals surface area contributed by atoms with Gasteiger partial charge in [0, 0.05) is 22.1 Å². The van der Waals surface area contributed by atoms with Crippen LogP contribution in [0.2, 0.25) is 0 Å². The number of nitrogen functional groups attached to an aromatic ring is 1. The lowest BCUT2D eigenvalue weighted by Crippen LogP contribution is -1.97. The molecule has 8 heteroatoms. The van der Waals surface area contributed by atoms with Crippen molar-refractivity contribution in [3.63, 3.8) is 0 Å². The Bertz CT molecular complexity index is 670. The number of nitrogens with zero attached hydrogens (tertiary/aromatic N) is 3. The summed E-state index contributed by atoms with van der Waals surface area (Å²) in [6, 6.07) is 0. The third kappa shape index (κ3) is 2.60. The molecule has 3 N–H and O–H groups in total. The highest BCUT2D eigenvalue weighted by Crippen LogP contribution is 2.38. The third-order valence-electron chi connectivity index (χ3n) is 2.46. The van der Waals surface area contributed by atoms with E-state index in [1.165, 1.54) is 16.4 Å². The number of hydrogen-bond acceptors (Lipinski definition) is 8. The van der Waals surface area contributed by atoms with Crippen LogP contribution in [-0.4, -0.2) is 14.3 Å². The molecule has 0 aromatic carbocycles. The van der Waals surface area contributed by atoms with E-state index in [4.69, 9.17) is 5.73 Å². The second kappa shape index (κ2) is 5.24. The molecule has 3 aromatic rings. The zero-order valence-corrected chi connectivity index (χ0v) is 12.5. The van der Waals surface area contributed by atoms with Crippen molar-refractivity contribution < 1.29 is 0 Å². The van der Waals surface area contributed by atoms with Crippen LogP contribution in [0.25, 0.3) is 10.6 Å². The van der Waals surface area contributed by atoms with Crippen LogP contribution in [0.5, 0.6) is 0 Å². The lowest BCUT2D eigenvalue weighted by atomic mass is 10.3. The van der Waals surface area contributed by atoms with Crippen LogP contribution < -0.4 is 11.1 Å². The Kier molecular flexibility index (Phi) is 3.45. The van der Waals surface area contributed by atoms with Crippen molar-refractivity contribution in [2.75, 3.05) is 11.1 Å². The fourth-order valence-electron chi connectivity index (χ4n) is 1.60. The van der Waals surface area contributed by atoms with E-state index in [1.54, 1.807) is 22.7 Å². The van der Waals surface area contributed by atoms with E-state index in [0.29, 0.717) is 5.82 Å². The lowest BCUT2D eigenvalue weighted by molar-refractivity contribution is 1.19. The average Bonchev–Trinajstić information content (AvgIpc) is 3.08. The fraction of sp³-hybridized carbons (Fsp3) is 0.182. The smallest absolute Gasteiger partial charge is 0.149 e. The van der Waals surface area contributed by atoms with Gasteiger partial charge in [0.25, 0.3) is 0 Å². The molecular formula is C11H11N5S3. The van der Waals surface area contributed by atoms with Crippen LogP contribution >= 0.6 is 34.2 Å². The van der Waals surface area contributed by atoms with E-state index in [1.807, 2.05) is 24.0 Å². The Morgan fingerprint density at radius 1 is 1.37 bits per heavy atom. The first-order chi connectivity index (χ1) is 9.24.